The van der Waals surface area contributed by atoms with Crippen molar-refractivity contribution in [1.29, 1.82) is 0 Å². The summed E-state index contributed by atoms with van der Waals surface area (Å²) in [6.45, 7) is 3.46. The Balaban J connectivity index is 1.41. The van der Waals surface area contributed by atoms with Gasteiger partial charge < -0.3 is 9.84 Å². The first kappa shape index (κ1) is 21.3. The SMILES string of the molecule is Cc1noc(NS(=O)(=O)c2ccc(NC=CC(=O)c3ccc4ccccc4c3)cc2)c1C. The first-order valence-electron chi connectivity index (χ1n) is 9.85. The highest BCUT2D eigenvalue weighted by atomic mass is 32.2. The Hall–Kier alpha value is -3.91. The lowest BCUT2D eigenvalue weighted by atomic mass is 10.0. The fourth-order valence-electron chi connectivity index (χ4n) is 3.07. The monoisotopic (exact) mass is 447 g/mol. The largest absolute Gasteiger partial charge is 0.362 e. The molecule has 1 heterocycles. The third-order valence-corrected chi connectivity index (χ3v) is 6.41. The van der Waals surface area contributed by atoms with Crippen LogP contribution in [0.1, 0.15) is 21.6 Å². The quantitative estimate of drug-likeness (QED) is 0.304. The van der Waals surface area contributed by atoms with Crippen LogP contribution in [0.15, 0.2) is 88.4 Å². The summed E-state index contributed by atoms with van der Waals surface area (Å²) in [5, 5.41) is 8.80. The highest BCUT2D eigenvalue weighted by Gasteiger charge is 2.19. The van der Waals surface area contributed by atoms with Crippen molar-refractivity contribution in [3.63, 3.8) is 0 Å². The lowest BCUT2D eigenvalue weighted by Crippen LogP contribution is -2.13. The van der Waals surface area contributed by atoms with Crippen LogP contribution in [0.3, 0.4) is 0 Å². The molecule has 0 spiro atoms. The number of aromatic nitrogens is 1. The van der Waals surface area contributed by atoms with Crippen molar-refractivity contribution in [2.75, 3.05) is 10.0 Å². The van der Waals surface area contributed by atoms with E-state index in [1.54, 1.807) is 32.0 Å². The van der Waals surface area contributed by atoms with Gasteiger partial charge in [0.15, 0.2) is 5.78 Å². The minimum Gasteiger partial charge on any atom is -0.362 e. The van der Waals surface area contributed by atoms with E-state index in [1.165, 1.54) is 24.4 Å². The average molecular weight is 448 g/mol. The van der Waals surface area contributed by atoms with E-state index in [1.807, 2.05) is 36.4 Å². The summed E-state index contributed by atoms with van der Waals surface area (Å²) in [5.74, 6) is -0.0378. The number of carbonyl (C=O) groups excluding carboxylic acids is 1. The Morgan fingerprint density at radius 2 is 1.69 bits per heavy atom. The number of benzene rings is 3. The van der Waals surface area contributed by atoms with Gasteiger partial charge in [0, 0.05) is 29.1 Å². The van der Waals surface area contributed by atoms with Crippen molar-refractivity contribution < 1.29 is 17.7 Å². The van der Waals surface area contributed by atoms with E-state index in [9.17, 15) is 13.2 Å². The molecule has 8 heteroatoms. The number of aryl methyl sites for hydroxylation is 1. The summed E-state index contributed by atoms with van der Waals surface area (Å²) >= 11 is 0. The molecular weight excluding hydrogens is 426 g/mol. The summed E-state index contributed by atoms with van der Waals surface area (Å²) < 4.78 is 32.5. The average Bonchev–Trinajstić information content (AvgIpc) is 3.10. The lowest BCUT2D eigenvalue weighted by molar-refractivity contribution is 0.104. The number of nitrogens with one attached hydrogen (secondary N) is 2. The molecule has 32 heavy (non-hydrogen) atoms. The summed E-state index contributed by atoms with van der Waals surface area (Å²) in [7, 11) is -3.81. The fourth-order valence-corrected chi connectivity index (χ4v) is 4.12. The highest BCUT2D eigenvalue weighted by molar-refractivity contribution is 7.92. The number of fused-ring (bicyclic) bond motifs is 1. The zero-order chi connectivity index (χ0) is 22.7. The number of anilines is 2. The Labute approximate surface area is 185 Å². The van der Waals surface area contributed by atoms with E-state index in [0.29, 0.717) is 22.5 Å². The second-order valence-electron chi connectivity index (χ2n) is 7.26. The van der Waals surface area contributed by atoms with Gasteiger partial charge in [-0.05, 0) is 55.0 Å². The normalized spacial score (nSPS) is 11.7. The Morgan fingerprint density at radius 1 is 0.969 bits per heavy atom. The summed E-state index contributed by atoms with van der Waals surface area (Å²) in [4.78, 5) is 12.5. The molecule has 4 rings (SSSR count). The van der Waals surface area contributed by atoms with Gasteiger partial charge in [0.05, 0.1) is 10.6 Å². The summed E-state index contributed by atoms with van der Waals surface area (Å²) in [5.41, 5.74) is 2.48. The molecule has 2 N–H and O–H groups in total. The van der Waals surface area contributed by atoms with Gasteiger partial charge in [0.2, 0.25) is 5.88 Å². The molecular formula is C24H21N3O4S. The molecule has 0 aliphatic rings. The van der Waals surface area contributed by atoms with Crippen LogP contribution in [0.5, 0.6) is 0 Å². The van der Waals surface area contributed by atoms with Crippen LogP contribution >= 0.6 is 0 Å². The van der Waals surface area contributed by atoms with Crippen molar-refractivity contribution in [2.24, 2.45) is 0 Å². The highest BCUT2D eigenvalue weighted by Crippen LogP contribution is 2.22. The Bertz CT molecular complexity index is 1420. The number of nitrogens with zero attached hydrogens (tertiary/aromatic N) is 1. The van der Waals surface area contributed by atoms with Crippen molar-refractivity contribution in [3.05, 3.63) is 95.8 Å². The smallest absolute Gasteiger partial charge is 0.264 e. The van der Waals surface area contributed by atoms with Crippen LogP contribution in [0.25, 0.3) is 10.8 Å². The van der Waals surface area contributed by atoms with Crippen LogP contribution in [-0.4, -0.2) is 19.4 Å². The second kappa shape index (κ2) is 8.68. The van der Waals surface area contributed by atoms with Gasteiger partial charge in [-0.3, -0.25) is 4.79 Å². The Morgan fingerprint density at radius 3 is 2.38 bits per heavy atom. The predicted octanol–water partition coefficient (Wildman–Crippen LogP) is 5.05. The van der Waals surface area contributed by atoms with Gasteiger partial charge >= 0.3 is 0 Å². The minimum absolute atomic E-state index is 0.0766. The summed E-state index contributed by atoms with van der Waals surface area (Å²) in [6, 6.07) is 19.5. The number of hydrogen-bond acceptors (Lipinski definition) is 6. The molecule has 0 aliphatic carbocycles. The maximum atomic E-state index is 12.5. The van der Waals surface area contributed by atoms with Gasteiger partial charge in [-0.15, -0.1) is 0 Å². The first-order chi connectivity index (χ1) is 15.3. The number of ketones is 1. The van der Waals surface area contributed by atoms with Crippen LogP contribution in [0.2, 0.25) is 0 Å². The zero-order valence-corrected chi connectivity index (χ0v) is 18.3. The van der Waals surface area contributed by atoms with Crippen LogP contribution in [-0.2, 0) is 10.0 Å². The third-order valence-electron chi connectivity index (χ3n) is 5.07. The molecule has 1 aromatic heterocycles. The summed E-state index contributed by atoms with van der Waals surface area (Å²) in [6.07, 6.45) is 2.96. The maximum Gasteiger partial charge on any atom is 0.264 e. The molecule has 0 saturated heterocycles. The Kier molecular flexibility index (Phi) is 5.79. The van der Waals surface area contributed by atoms with Crippen molar-refractivity contribution in [2.45, 2.75) is 18.7 Å². The molecule has 0 fully saturated rings. The molecule has 0 radical (unpaired) electrons. The zero-order valence-electron chi connectivity index (χ0n) is 17.5. The number of rotatable bonds is 7. The molecule has 0 saturated carbocycles. The predicted molar refractivity (Wildman–Crippen MR) is 124 cm³/mol. The number of hydrogen-bond donors (Lipinski definition) is 2. The molecule has 162 valence electrons. The van der Waals surface area contributed by atoms with E-state index in [2.05, 4.69) is 15.2 Å². The molecule has 0 aliphatic heterocycles. The molecule has 7 nitrogen and oxygen atoms in total. The fraction of sp³-hybridized carbons (Fsp3) is 0.0833. The number of allylic oxidation sites excluding steroid dienone is 1. The van der Waals surface area contributed by atoms with E-state index in [-0.39, 0.29) is 16.6 Å². The molecule has 0 bridgehead atoms. The van der Waals surface area contributed by atoms with Crippen LogP contribution in [0, 0.1) is 13.8 Å². The lowest BCUT2D eigenvalue weighted by Gasteiger charge is -2.07. The van der Waals surface area contributed by atoms with E-state index < -0.39 is 10.0 Å². The van der Waals surface area contributed by atoms with Crippen molar-refractivity contribution in [1.82, 2.24) is 5.16 Å². The maximum absolute atomic E-state index is 12.5. The second-order valence-corrected chi connectivity index (χ2v) is 8.94. The molecule has 0 amide bonds. The van der Waals surface area contributed by atoms with Crippen LogP contribution in [0.4, 0.5) is 11.6 Å². The van der Waals surface area contributed by atoms with Gasteiger partial charge in [-0.1, -0.05) is 41.6 Å². The third kappa shape index (κ3) is 4.55. The molecule has 4 aromatic rings. The standard InChI is InChI=1S/C24H21N3O4S/c1-16-17(2)26-31-24(16)27-32(29,30)22-11-9-21(10-12-22)25-14-13-23(28)20-8-7-18-5-3-4-6-19(18)15-20/h3-15,25,27H,1-2H3. The van der Waals surface area contributed by atoms with Gasteiger partial charge in [0.25, 0.3) is 10.0 Å². The minimum atomic E-state index is -3.81. The molecule has 3 aromatic carbocycles. The van der Waals surface area contributed by atoms with Gasteiger partial charge in [-0.25, -0.2) is 13.1 Å². The van der Waals surface area contributed by atoms with Crippen molar-refractivity contribution in [3.8, 4) is 0 Å². The van der Waals surface area contributed by atoms with E-state index in [4.69, 9.17) is 4.52 Å². The number of sulfonamides is 1. The molecule has 0 atom stereocenters. The van der Waals surface area contributed by atoms with Crippen molar-refractivity contribution >= 4 is 38.2 Å². The van der Waals surface area contributed by atoms with E-state index >= 15 is 0 Å². The number of carbonyl (C=O) groups is 1. The first-order valence-corrected chi connectivity index (χ1v) is 11.3. The van der Waals surface area contributed by atoms with Gasteiger partial charge in [0.1, 0.15) is 0 Å². The van der Waals surface area contributed by atoms with Crippen LogP contribution < -0.4 is 10.0 Å². The van der Waals surface area contributed by atoms with Gasteiger partial charge in [-0.2, -0.15) is 0 Å². The molecule has 0 unspecified atom stereocenters. The topological polar surface area (TPSA) is 101 Å². The van der Waals surface area contributed by atoms with E-state index in [0.717, 1.165) is 10.8 Å².